The van der Waals surface area contributed by atoms with Gasteiger partial charge in [0.15, 0.2) is 5.82 Å². The van der Waals surface area contributed by atoms with E-state index in [1.54, 1.807) is 12.1 Å². The van der Waals surface area contributed by atoms with Crippen LogP contribution in [0.5, 0.6) is 0 Å². The Morgan fingerprint density at radius 2 is 2.22 bits per heavy atom. The molecule has 1 atom stereocenters. The second-order valence-electron chi connectivity index (χ2n) is 6.60. The molecule has 1 aliphatic rings. The van der Waals surface area contributed by atoms with Crippen LogP contribution in [0, 0.1) is 5.82 Å². The molecule has 1 aromatic carbocycles. The zero-order chi connectivity index (χ0) is 19.1. The minimum absolute atomic E-state index is 0.169. The van der Waals surface area contributed by atoms with Gasteiger partial charge in [0.25, 0.3) is 0 Å². The third kappa shape index (κ3) is 2.90. The Bertz CT molecular complexity index is 1030. The maximum absolute atomic E-state index is 14.2. The van der Waals surface area contributed by atoms with Crippen LogP contribution < -0.4 is 16.0 Å². The molecule has 1 saturated heterocycles. The lowest BCUT2D eigenvalue weighted by Gasteiger charge is -2.21. The number of anilines is 2. The first-order valence-electron chi connectivity index (χ1n) is 8.55. The van der Waals surface area contributed by atoms with Gasteiger partial charge in [-0.15, -0.1) is 0 Å². The summed E-state index contributed by atoms with van der Waals surface area (Å²) in [6, 6.07) is 5.07. The van der Waals surface area contributed by atoms with Gasteiger partial charge in [0.1, 0.15) is 11.3 Å². The lowest BCUT2D eigenvalue weighted by molar-refractivity contribution is 0.191. The molecule has 0 spiro atoms. The first-order chi connectivity index (χ1) is 13.0. The molecular formula is C18H19FN6O2. The maximum atomic E-state index is 14.2. The normalized spacial score (nSPS) is 16.8. The van der Waals surface area contributed by atoms with Gasteiger partial charge in [0.2, 0.25) is 0 Å². The third-order valence-electron chi connectivity index (χ3n) is 4.90. The number of nitrogens with zero attached hydrogens (tertiary/aromatic N) is 4. The molecule has 4 rings (SSSR count). The van der Waals surface area contributed by atoms with E-state index >= 15 is 0 Å². The molecule has 4 N–H and O–H groups in total. The van der Waals surface area contributed by atoms with Crippen molar-refractivity contribution in [3.05, 3.63) is 36.4 Å². The smallest absolute Gasteiger partial charge is 0.404 e. The van der Waals surface area contributed by atoms with Crippen molar-refractivity contribution in [2.24, 2.45) is 7.05 Å². The van der Waals surface area contributed by atoms with E-state index < -0.39 is 11.9 Å². The first kappa shape index (κ1) is 17.1. The third-order valence-corrected chi connectivity index (χ3v) is 4.90. The van der Waals surface area contributed by atoms with Crippen LogP contribution in [0.4, 0.5) is 20.6 Å². The maximum Gasteiger partial charge on any atom is 0.404 e. The number of nitrogen functional groups attached to an aromatic ring is 1. The van der Waals surface area contributed by atoms with Crippen molar-refractivity contribution >= 4 is 28.5 Å². The zero-order valence-electron chi connectivity index (χ0n) is 14.7. The zero-order valence-corrected chi connectivity index (χ0v) is 14.7. The van der Waals surface area contributed by atoms with E-state index in [0.29, 0.717) is 42.1 Å². The number of aryl methyl sites for hydroxylation is 1. The highest BCUT2D eigenvalue weighted by atomic mass is 19.1. The van der Waals surface area contributed by atoms with Gasteiger partial charge in [-0.25, -0.2) is 14.2 Å². The van der Waals surface area contributed by atoms with E-state index in [9.17, 15) is 9.18 Å². The fourth-order valence-corrected chi connectivity index (χ4v) is 3.65. The van der Waals surface area contributed by atoms with E-state index in [4.69, 9.17) is 10.8 Å². The number of benzene rings is 1. The van der Waals surface area contributed by atoms with E-state index in [2.05, 4.69) is 15.3 Å². The Balaban J connectivity index is 1.80. The van der Waals surface area contributed by atoms with Crippen LogP contribution in [0.2, 0.25) is 0 Å². The number of nitrogens with two attached hydrogens (primary N) is 1. The standard InChI is InChI=1S/C18H19FN6O2/c1-24-14-3-2-13(20)16(25-7-5-10(9-25)22-18(26)27)15(14)23-17(24)11-4-6-21-8-12(11)19/h2-4,6,8,10,22H,5,7,9,20H2,1H3,(H,26,27). The Kier molecular flexibility index (Phi) is 4.06. The highest BCUT2D eigenvalue weighted by molar-refractivity contribution is 5.98. The van der Waals surface area contributed by atoms with E-state index in [-0.39, 0.29) is 6.04 Å². The summed E-state index contributed by atoms with van der Waals surface area (Å²) in [6.07, 6.45) is 2.32. The summed E-state index contributed by atoms with van der Waals surface area (Å²) in [6.45, 7) is 1.16. The van der Waals surface area contributed by atoms with E-state index in [1.165, 1.54) is 6.20 Å². The SMILES string of the molecule is Cn1c(-c2ccncc2F)nc2c(N3CCC(NC(=O)O)C3)c(N)ccc21. The summed E-state index contributed by atoms with van der Waals surface area (Å²) < 4.78 is 16.0. The molecule has 1 aliphatic heterocycles. The number of fused-ring (bicyclic) bond motifs is 1. The largest absolute Gasteiger partial charge is 0.465 e. The highest BCUT2D eigenvalue weighted by Crippen LogP contribution is 2.36. The minimum atomic E-state index is -1.04. The molecule has 27 heavy (non-hydrogen) atoms. The molecule has 0 aliphatic carbocycles. The van der Waals surface area contributed by atoms with Crippen molar-refractivity contribution in [3.8, 4) is 11.4 Å². The molecule has 1 fully saturated rings. The number of hydrogen-bond donors (Lipinski definition) is 3. The van der Waals surface area contributed by atoms with Gasteiger partial charge < -0.3 is 25.6 Å². The monoisotopic (exact) mass is 370 g/mol. The van der Waals surface area contributed by atoms with Crippen molar-refractivity contribution in [1.82, 2.24) is 19.9 Å². The number of imidazole rings is 1. The summed E-state index contributed by atoms with van der Waals surface area (Å²) in [5.74, 6) is 0.0356. The quantitative estimate of drug-likeness (QED) is 0.610. The topological polar surface area (TPSA) is 109 Å². The minimum Gasteiger partial charge on any atom is -0.465 e. The van der Waals surface area contributed by atoms with Gasteiger partial charge >= 0.3 is 6.09 Å². The fourth-order valence-electron chi connectivity index (χ4n) is 3.65. The second kappa shape index (κ2) is 6.42. The molecule has 1 unspecified atom stereocenters. The Hall–Kier alpha value is -3.36. The molecule has 0 bridgehead atoms. The van der Waals surface area contributed by atoms with Gasteiger partial charge in [-0.2, -0.15) is 0 Å². The average molecular weight is 370 g/mol. The number of nitrogens with one attached hydrogen (secondary N) is 1. The van der Waals surface area contributed by atoms with E-state index in [1.807, 2.05) is 22.6 Å². The number of hydrogen-bond acceptors (Lipinski definition) is 5. The van der Waals surface area contributed by atoms with Gasteiger partial charge in [-0.3, -0.25) is 4.98 Å². The number of rotatable bonds is 3. The van der Waals surface area contributed by atoms with Crippen molar-refractivity contribution in [3.63, 3.8) is 0 Å². The number of carbonyl (C=O) groups is 1. The summed E-state index contributed by atoms with van der Waals surface area (Å²) in [5, 5.41) is 11.4. The molecule has 140 valence electrons. The molecule has 0 radical (unpaired) electrons. The van der Waals surface area contributed by atoms with E-state index in [0.717, 1.165) is 17.4 Å². The average Bonchev–Trinajstić information content (AvgIpc) is 3.20. The Morgan fingerprint density at radius 3 is 2.96 bits per heavy atom. The fraction of sp³-hybridized carbons (Fsp3) is 0.278. The lowest BCUT2D eigenvalue weighted by Crippen LogP contribution is -2.36. The van der Waals surface area contributed by atoms with Crippen molar-refractivity contribution in [2.75, 3.05) is 23.7 Å². The van der Waals surface area contributed by atoms with Gasteiger partial charge in [-0.05, 0) is 24.6 Å². The van der Waals surface area contributed by atoms with Crippen LogP contribution in [-0.4, -0.2) is 44.9 Å². The predicted octanol–water partition coefficient (Wildman–Crippen LogP) is 2.20. The number of amides is 1. The van der Waals surface area contributed by atoms with Crippen LogP contribution in [0.3, 0.4) is 0 Å². The molecule has 2 aromatic heterocycles. The lowest BCUT2D eigenvalue weighted by atomic mass is 10.2. The van der Waals surface area contributed by atoms with Crippen molar-refractivity contribution in [1.29, 1.82) is 0 Å². The molecular weight excluding hydrogens is 351 g/mol. The number of carboxylic acid groups (broad SMARTS) is 1. The highest BCUT2D eigenvalue weighted by Gasteiger charge is 2.28. The number of pyridine rings is 1. The summed E-state index contributed by atoms with van der Waals surface area (Å²) in [4.78, 5) is 21.4. The van der Waals surface area contributed by atoms with Crippen LogP contribution in [0.25, 0.3) is 22.4 Å². The summed E-state index contributed by atoms with van der Waals surface area (Å²) >= 11 is 0. The molecule has 1 amide bonds. The van der Waals surface area contributed by atoms with Crippen LogP contribution in [-0.2, 0) is 7.05 Å². The van der Waals surface area contributed by atoms with Crippen LogP contribution in [0.1, 0.15) is 6.42 Å². The first-order valence-corrected chi connectivity index (χ1v) is 8.55. The van der Waals surface area contributed by atoms with Gasteiger partial charge in [0.05, 0.1) is 34.7 Å². The van der Waals surface area contributed by atoms with Crippen molar-refractivity contribution < 1.29 is 14.3 Å². The Morgan fingerprint density at radius 1 is 1.41 bits per heavy atom. The second-order valence-corrected chi connectivity index (χ2v) is 6.60. The summed E-state index contributed by atoms with van der Waals surface area (Å²) in [5.41, 5.74) is 9.38. The molecule has 0 saturated carbocycles. The molecule has 9 heteroatoms. The van der Waals surface area contributed by atoms with Crippen LogP contribution in [0.15, 0.2) is 30.6 Å². The van der Waals surface area contributed by atoms with Crippen LogP contribution >= 0.6 is 0 Å². The van der Waals surface area contributed by atoms with Gasteiger partial charge in [0, 0.05) is 26.3 Å². The molecule has 3 heterocycles. The molecule has 8 nitrogen and oxygen atoms in total. The summed E-state index contributed by atoms with van der Waals surface area (Å²) in [7, 11) is 1.82. The van der Waals surface area contributed by atoms with Gasteiger partial charge in [-0.1, -0.05) is 0 Å². The molecule has 3 aromatic rings. The van der Waals surface area contributed by atoms with Crippen molar-refractivity contribution in [2.45, 2.75) is 12.5 Å². The Labute approximate surface area is 154 Å². The predicted molar refractivity (Wildman–Crippen MR) is 100 cm³/mol. The number of aromatic nitrogens is 3. The number of halogens is 1.